The molecule has 0 amide bonds. The predicted octanol–water partition coefficient (Wildman–Crippen LogP) is 5.90. The lowest BCUT2D eigenvalue weighted by Gasteiger charge is -2.68. The van der Waals surface area contributed by atoms with Crippen LogP contribution >= 0.6 is 12.2 Å². The zero-order chi connectivity index (χ0) is 30.5. The van der Waals surface area contributed by atoms with E-state index in [1.807, 2.05) is 11.0 Å². The molecule has 222 valence electrons. The van der Waals surface area contributed by atoms with Gasteiger partial charge in [-0.25, -0.2) is 4.99 Å². The molecular formula is C36H37N7S. The Morgan fingerprint density at radius 1 is 0.773 bits per heavy atom. The molecular weight excluding hydrogens is 563 g/mol. The number of thiocarbonyl (C=S) groups is 1. The molecule has 4 heterocycles. The van der Waals surface area contributed by atoms with E-state index in [-0.39, 0.29) is 0 Å². The maximum Gasteiger partial charge on any atom is 0.140 e. The number of fused-ring (bicyclic) bond motifs is 2. The van der Waals surface area contributed by atoms with Gasteiger partial charge in [-0.1, -0.05) is 77.9 Å². The van der Waals surface area contributed by atoms with Gasteiger partial charge in [0.1, 0.15) is 28.3 Å². The summed E-state index contributed by atoms with van der Waals surface area (Å²) in [5, 5.41) is 22.7. The van der Waals surface area contributed by atoms with Crippen molar-refractivity contribution in [3.8, 4) is 12.1 Å². The molecule has 2 atom stereocenters. The first-order chi connectivity index (χ1) is 21.3. The summed E-state index contributed by atoms with van der Waals surface area (Å²) in [4.78, 5) is 14.7. The van der Waals surface area contributed by atoms with Crippen molar-refractivity contribution < 1.29 is 0 Å². The number of nitrogens with zero attached hydrogens (tertiary/aromatic N) is 7. The number of hydrogen-bond acceptors (Lipinski definition) is 7. The highest BCUT2D eigenvalue weighted by Crippen LogP contribution is 2.66. The van der Waals surface area contributed by atoms with Crippen molar-refractivity contribution in [2.45, 2.75) is 33.2 Å². The summed E-state index contributed by atoms with van der Waals surface area (Å²) < 4.78 is 0. The number of anilines is 2. The van der Waals surface area contributed by atoms with Crippen LogP contribution in [-0.4, -0.2) is 60.1 Å². The first-order valence-corrected chi connectivity index (χ1v) is 15.8. The minimum absolute atomic E-state index is 0.446. The fourth-order valence-electron chi connectivity index (χ4n) is 8.16. The monoisotopic (exact) mass is 599 g/mol. The highest BCUT2D eigenvalue weighted by Gasteiger charge is 2.76. The maximum absolute atomic E-state index is 11.4. The van der Waals surface area contributed by atoms with Gasteiger partial charge in [-0.3, -0.25) is 4.90 Å². The number of hydrogen-bond donors (Lipinski definition) is 0. The van der Waals surface area contributed by atoms with Crippen LogP contribution in [0.5, 0.6) is 0 Å². The van der Waals surface area contributed by atoms with Crippen molar-refractivity contribution in [1.82, 2.24) is 9.80 Å². The molecule has 44 heavy (non-hydrogen) atoms. The molecule has 8 heteroatoms. The van der Waals surface area contributed by atoms with E-state index in [0.29, 0.717) is 31.4 Å². The third kappa shape index (κ3) is 4.16. The Labute approximate surface area is 265 Å². The van der Waals surface area contributed by atoms with E-state index >= 15 is 0 Å². The van der Waals surface area contributed by atoms with E-state index in [2.05, 4.69) is 113 Å². The fourth-order valence-corrected chi connectivity index (χ4v) is 8.61. The highest BCUT2D eigenvalue weighted by atomic mass is 32.1. The molecule has 0 aliphatic carbocycles. The second kappa shape index (κ2) is 10.7. The van der Waals surface area contributed by atoms with Gasteiger partial charge >= 0.3 is 0 Å². The third-order valence-electron chi connectivity index (χ3n) is 10.6. The fraction of sp³-hybridized carbons (Fsp3) is 0.389. The van der Waals surface area contributed by atoms with Crippen molar-refractivity contribution in [3.63, 3.8) is 0 Å². The van der Waals surface area contributed by atoms with Crippen LogP contribution in [0.2, 0.25) is 0 Å². The van der Waals surface area contributed by atoms with Gasteiger partial charge in [0.2, 0.25) is 0 Å². The van der Waals surface area contributed by atoms with Crippen molar-refractivity contribution in [2.24, 2.45) is 21.2 Å². The molecule has 0 radical (unpaired) electrons. The number of aryl methyl sites for hydroxylation is 2. The summed E-state index contributed by atoms with van der Waals surface area (Å²) in [5.41, 5.74) is 3.05. The van der Waals surface area contributed by atoms with Gasteiger partial charge < -0.3 is 14.7 Å². The number of likely N-dealkylation sites (tertiary alicyclic amines) is 1. The zero-order valence-corrected chi connectivity index (χ0v) is 26.2. The Hall–Kier alpha value is -4.24. The van der Waals surface area contributed by atoms with Crippen LogP contribution in [0, 0.1) is 52.8 Å². The van der Waals surface area contributed by atoms with E-state index in [9.17, 15) is 10.5 Å². The average Bonchev–Trinajstić information content (AvgIpc) is 3.06. The molecule has 3 aromatic rings. The van der Waals surface area contributed by atoms with Crippen LogP contribution in [0.1, 0.15) is 29.5 Å². The van der Waals surface area contributed by atoms with Gasteiger partial charge in [0, 0.05) is 36.4 Å². The standard InChI is InChI=1S/C36H37N7S/c1-27-8-12-30(13-9-27)41-23-34(21-37)32-39-25-42(31-14-10-28(2)11-15-31)26-43(32)33(44)35(22-38,24-41)36(34)16-18-40(19-17-36)20-29-6-4-3-5-7-29/h3-15H,16-20,23-26H2,1-2H3. The van der Waals surface area contributed by atoms with E-state index in [1.165, 1.54) is 16.7 Å². The summed E-state index contributed by atoms with van der Waals surface area (Å²) in [6.07, 6.45) is 1.44. The number of rotatable bonds is 4. The molecule has 1 spiro atoms. The Bertz CT molecular complexity index is 1680. The summed E-state index contributed by atoms with van der Waals surface area (Å²) in [6, 6.07) is 33.0. The van der Waals surface area contributed by atoms with Gasteiger partial charge in [0.15, 0.2) is 0 Å². The van der Waals surface area contributed by atoms with Crippen LogP contribution in [0.15, 0.2) is 83.9 Å². The lowest BCUT2D eigenvalue weighted by molar-refractivity contribution is -0.0460. The second-order valence-electron chi connectivity index (χ2n) is 12.9. The predicted molar refractivity (Wildman–Crippen MR) is 178 cm³/mol. The average molecular weight is 600 g/mol. The van der Waals surface area contributed by atoms with Gasteiger partial charge in [-0.2, -0.15) is 10.5 Å². The minimum atomic E-state index is -1.03. The number of piperidine rings is 3. The quantitative estimate of drug-likeness (QED) is 0.346. The highest BCUT2D eigenvalue weighted by molar-refractivity contribution is 7.80. The summed E-state index contributed by atoms with van der Waals surface area (Å²) in [6.45, 7) is 8.48. The number of benzene rings is 3. The number of amidine groups is 1. The van der Waals surface area contributed by atoms with E-state index in [1.54, 1.807) is 0 Å². The molecule has 0 saturated carbocycles. The molecule has 3 fully saturated rings. The first-order valence-electron chi connectivity index (χ1n) is 15.4. The summed E-state index contributed by atoms with van der Waals surface area (Å²) in [7, 11) is 0. The Kier molecular flexibility index (Phi) is 6.96. The van der Waals surface area contributed by atoms with Gasteiger partial charge in [-0.05, 0) is 69.6 Å². The van der Waals surface area contributed by atoms with Gasteiger partial charge in [0.05, 0.1) is 18.8 Å². The van der Waals surface area contributed by atoms with Crippen LogP contribution in [0.25, 0.3) is 0 Å². The molecule has 0 aromatic heterocycles. The topological polar surface area (TPSA) is 72.9 Å². The lowest BCUT2D eigenvalue weighted by atomic mass is 9.43. The van der Waals surface area contributed by atoms with Crippen LogP contribution in [0.3, 0.4) is 0 Å². The Balaban J connectivity index is 1.32. The van der Waals surface area contributed by atoms with Crippen molar-refractivity contribution in [2.75, 3.05) is 49.3 Å². The molecule has 2 unspecified atom stereocenters. The molecule has 4 aliphatic rings. The van der Waals surface area contributed by atoms with Crippen molar-refractivity contribution in [1.29, 1.82) is 10.5 Å². The van der Waals surface area contributed by atoms with Crippen LogP contribution in [-0.2, 0) is 6.54 Å². The number of aliphatic imine (C=N–C) groups is 1. The molecule has 3 saturated heterocycles. The summed E-state index contributed by atoms with van der Waals surface area (Å²) >= 11 is 6.40. The second-order valence-corrected chi connectivity index (χ2v) is 13.3. The van der Waals surface area contributed by atoms with E-state index in [4.69, 9.17) is 17.2 Å². The molecule has 0 N–H and O–H groups in total. The molecule has 7 nitrogen and oxygen atoms in total. The normalized spacial score (nSPS) is 26.0. The number of nitriles is 2. The van der Waals surface area contributed by atoms with E-state index < -0.39 is 16.2 Å². The summed E-state index contributed by atoms with van der Waals surface area (Å²) in [5.74, 6) is 0.743. The third-order valence-corrected chi connectivity index (χ3v) is 11.1. The lowest BCUT2D eigenvalue weighted by Crippen LogP contribution is -2.80. The Morgan fingerprint density at radius 2 is 1.34 bits per heavy atom. The van der Waals surface area contributed by atoms with Crippen molar-refractivity contribution in [3.05, 3.63) is 95.6 Å². The first kappa shape index (κ1) is 28.5. The molecule has 7 rings (SSSR count). The smallest absolute Gasteiger partial charge is 0.140 e. The SMILES string of the molecule is Cc1ccc(N2CN=C3N(C2)C(=S)C2(C#N)CN(c4ccc(C)cc4)CC3(C#N)C23CCN(Cc2ccccc2)CC3)cc1. The molecule has 2 bridgehead atoms. The Morgan fingerprint density at radius 3 is 1.93 bits per heavy atom. The van der Waals surface area contributed by atoms with E-state index in [0.717, 1.165) is 49.7 Å². The molecule has 3 aromatic carbocycles. The van der Waals surface area contributed by atoms with Crippen LogP contribution < -0.4 is 9.80 Å². The van der Waals surface area contributed by atoms with Gasteiger partial charge in [-0.15, -0.1) is 0 Å². The molecule has 4 aliphatic heterocycles. The minimum Gasteiger partial charge on any atom is -0.367 e. The van der Waals surface area contributed by atoms with Crippen molar-refractivity contribution >= 4 is 34.4 Å². The largest absolute Gasteiger partial charge is 0.367 e. The van der Waals surface area contributed by atoms with Crippen LogP contribution in [0.4, 0.5) is 11.4 Å². The maximum atomic E-state index is 11.4. The van der Waals surface area contributed by atoms with Gasteiger partial charge in [0.25, 0.3) is 0 Å². The zero-order valence-electron chi connectivity index (χ0n) is 25.4.